The van der Waals surface area contributed by atoms with Gasteiger partial charge in [0.15, 0.2) is 5.58 Å². The van der Waals surface area contributed by atoms with E-state index in [1.807, 2.05) is 28.5 Å². The maximum Gasteiger partial charge on any atom is 0.271 e. The second-order valence-electron chi connectivity index (χ2n) is 10.3. The molecule has 1 saturated heterocycles. The van der Waals surface area contributed by atoms with E-state index in [0.29, 0.717) is 30.8 Å². The van der Waals surface area contributed by atoms with Gasteiger partial charge in [-0.1, -0.05) is 29.5 Å². The molecule has 8 nitrogen and oxygen atoms in total. The zero-order valence-corrected chi connectivity index (χ0v) is 22.8. The maximum atomic E-state index is 14.0. The minimum atomic E-state index is -0.904. The molecular formula is C26H37IN4O4. The third-order valence-electron chi connectivity index (χ3n) is 8.29. The molecule has 0 spiro atoms. The summed E-state index contributed by atoms with van der Waals surface area (Å²) in [5.74, 6) is 0.678. The Morgan fingerprint density at radius 1 is 1.20 bits per heavy atom. The van der Waals surface area contributed by atoms with Gasteiger partial charge in [0.25, 0.3) is 5.91 Å². The number of nitrogens with one attached hydrogen (secondary N) is 1. The van der Waals surface area contributed by atoms with E-state index in [-0.39, 0.29) is 17.9 Å². The number of morpholine rings is 1. The van der Waals surface area contributed by atoms with Gasteiger partial charge >= 0.3 is 0 Å². The molecule has 0 aromatic carbocycles. The molecule has 2 fully saturated rings. The molecule has 3 aliphatic rings. The zero-order chi connectivity index (χ0) is 24.4. The van der Waals surface area contributed by atoms with E-state index < -0.39 is 5.54 Å². The Hall–Kier alpha value is -1.59. The van der Waals surface area contributed by atoms with Crippen LogP contribution in [0.25, 0.3) is 11.1 Å². The summed E-state index contributed by atoms with van der Waals surface area (Å²) in [6.45, 7) is 7.32. The van der Waals surface area contributed by atoms with Crippen molar-refractivity contribution < 1.29 is 18.7 Å². The van der Waals surface area contributed by atoms with Crippen molar-refractivity contribution in [2.75, 3.05) is 43.8 Å². The van der Waals surface area contributed by atoms with Crippen molar-refractivity contribution >= 4 is 45.5 Å². The number of alkyl halides is 1. The van der Waals surface area contributed by atoms with E-state index in [2.05, 4.69) is 32.8 Å². The Morgan fingerprint density at radius 2 is 1.97 bits per heavy atom. The van der Waals surface area contributed by atoms with Gasteiger partial charge in [-0.15, -0.1) is 0 Å². The number of hydrogen-bond donors (Lipinski definition) is 1. The number of hydrogen-bond acceptors (Lipinski definition) is 5. The van der Waals surface area contributed by atoms with Crippen molar-refractivity contribution in [3.63, 3.8) is 0 Å². The third-order valence-corrected chi connectivity index (χ3v) is 9.54. The van der Waals surface area contributed by atoms with Crippen LogP contribution >= 0.6 is 22.6 Å². The van der Waals surface area contributed by atoms with Crippen molar-refractivity contribution in [2.45, 2.75) is 63.6 Å². The van der Waals surface area contributed by atoms with Gasteiger partial charge in [-0.3, -0.25) is 14.5 Å². The molecule has 2 aliphatic heterocycles. The van der Waals surface area contributed by atoms with Crippen LogP contribution in [0.4, 0.5) is 0 Å². The molecule has 35 heavy (non-hydrogen) atoms. The highest BCUT2D eigenvalue weighted by atomic mass is 127. The van der Waals surface area contributed by atoms with E-state index in [9.17, 15) is 9.59 Å². The molecular weight excluding hydrogens is 559 g/mol. The number of carbonyl (C=O) groups excluding carboxylic acids is 2. The van der Waals surface area contributed by atoms with Crippen molar-refractivity contribution in [1.82, 2.24) is 19.7 Å². The number of ether oxygens (including phenoxy) is 1. The van der Waals surface area contributed by atoms with Crippen molar-refractivity contribution in [3.05, 3.63) is 24.1 Å². The lowest BCUT2D eigenvalue weighted by Crippen LogP contribution is -2.66. The molecule has 1 unspecified atom stereocenters. The average Bonchev–Trinajstić information content (AvgIpc) is 3.48. The molecule has 1 saturated carbocycles. The van der Waals surface area contributed by atoms with E-state index >= 15 is 0 Å². The quantitative estimate of drug-likeness (QED) is 0.372. The monoisotopic (exact) mass is 596 g/mol. The maximum absolute atomic E-state index is 14.0. The Morgan fingerprint density at radius 3 is 2.69 bits per heavy atom. The van der Waals surface area contributed by atoms with Crippen molar-refractivity contribution in [2.24, 2.45) is 5.92 Å². The van der Waals surface area contributed by atoms with E-state index in [4.69, 9.17) is 9.15 Å². The summed E-state index contributed by atoms with van der Waals surface area (Å²) in [6, 6.07) is 3.91. The lowest BCUT2D eigenvalue weighted by atomic mass is 9.85. The summed E-state index contributed by atoms with van der Waals surface area (Å²) < 4.78 is 14.3. The molecule has 2 amide bonds. The molecule has 4 heterocycles. The number of amides is 2. The predicted molar refractivity (Wildman–Crippen MR) is 143 cm³/mol. The van der Waals surface area contributed by atoms with E-state index in [0.717, 1.165) is 76.4 Å². The zero-order valence-electron chi connectivity index (χ0n) is 20.6. The normalized spacial score (nSPS) is 27.8. The van der Waals surface area contributed by atoms with Crippen LogP contribution in [0.5, 0.6) is 0 Å². The van der Waals surface area contributed by atoms with Gasteiger partial charge in [0.05, 0.1) is 31.5 Å². The molecule has 5 rings (SSSR count). The fraction of sp³-hybridized carbons (Fsp3) is 0.692. The molecule has 1 N–H and O–H groups in total. The average molecular weight is 597 g/mol. The first-order valence-electron chi connectivity index (χ1n) is 13.1. The Bertz CT molecular complexity index is 1040. The molecule has 2 aromatic rings. The Labute approximate surface area is 220 Å². The van der Waals surface area contributed by atoms with Crippen LogP contribution < -0.4 is 5.32 Å². The van der Waals surface area contributed by atoms with Gasteiger partial charge < -0.3 is 23.9 Å². The fourth-order valence-corrected chi connectivity index (χ4v) is 6.92. The van der Waals surface area contributed by atoms with Crippen molar-refractivity contribution in [3.8, 4) is 0 Å². The highest BCUT2D eigenvalue weighted by molar-refractivity contribution is 14.1. The largest absolute Gasteiger partial charge is 0.463 e. The number of aromatic nitrogens is 1. The number of carbonyl (C=O) groups is 2. The topological polar surface area (TPSA) is 80.0 Å². The summed E-state index contributed by atoms with van der Waals surface area (Å²) >= 11 is 2.47. The summed E-state index contributed by atoms with van der Waals surface area (Å²) in [6.07, 6.45) is 7.41. The van der Waals surface area contributed by atoms with Crippen LogP contribution in [0.2, 0.25) is 0 Å². The molecule has 0 radical (unpaired) electrons. The summed E-state index contributed by atoms with van der Waals surface area (Å²) in [4.78, 5) is 32.1. The van der Waals surface area contributed by atoms with Crippen LogP contribution in [0.3, 0.4) is 0 Å². The highest BCUT2D eigenvalue weighted by Gasteiger charge is 2.50. The number of rotatable bonds is 8. The second kappa shape index (κ2) is 10.8. The summed E-state index contributed by atoms with van der Waals surface area (Å²) in [5.41, 5.74) is 1.30. The molecule has 0 bridgehead atoms. The first kappa shape index (κ1) is 25.1. The van der Waals surface area contributed by atoms with Gasteiger partial charge in [0, 0.05) is 48.8 Å². The van der Waals surface area contributed by atoms with E-state index in [1.165, 1.54) is 4.43 Å². The minimum Gasteiger partial charge on any atom is -0.463 e. The van der Waals surface area contributed by atoms with Crippen LogP contribution in [-0.2, 0) is 16.1 Å². The van der Waals surface area contributed by atoms with Crippen molar-refractivity contribution in [1.29, 1.82) is 0 Å². The lowest BCUT2D eigenvalue weighted by molar-refractivity contribution is -0.135. The van der Waals surface area contributed by atoms with Gasteiger partial charge in [0.2, 0.25) is 5.91 Å². The third kappa shape index (κ3) is 4.87. The van der Waals surface area contributed by atoms with Crippen LogP contribution in [0.1, 0.15) is 55.9 Å². The number of nitrogens with zero attached hydrogens (tertiary/aromatic N) is 3. The van der Waals surface area contributed by atoms with Crippen LogP contribution in [0.15, 0.2) is 22.8 Å². The predicted octanol–water partition coefficient (Wildman–Crippen LogP) is 3.67. The van der Waals surface area contributed by atoms with Gasteiger partial charge in [0.1, 0.15) is 11.2 Å². The lowest BCUT2D eigenvalue weighted by Gasteiger charge is -2.47. The molecule has 9 heteroatoms. The molecule has 1 aliphatic carbocycles. The van der Waals surface area contributed by atoms with Gasteiger partial charge in [-0.25, -0.2) is 0 Å². The SMILES string of the molecule is CCC1(C(=O)NC2CCC(CI)CC2)Cn2c(cc3occc32)C(=O)N1CCCN1CCOCC1. The Kier molecular flexibility index (Phi) is 7.74. The summed E-state index contributed by atoms with van der Waals surface area (Å²) in [7, 11) is 0. The number of furan rings is 1. The molecule has 1 atom stereocenters. The van der Waals surface area contributed by atoms with Gasteiger partial charge in [-0.05, 0) is 44.4 Å². The number of halogens is 1. The smallest absolute Gasteiger partial charge is 0.271 e. The van der Waals surface area contributed by atoms with Gasteiger partial charge in [-0.2, -0.15) is 0 Å². The standard InChI is InChI=1S/C26H37IN4O4/c1-2-26(25(33)28-20-6-4-19(17-27)5-7-20)18-30-21-8-13-35-23(21)16-22(30)24(32)31(26)10-3-9-29-11-14-34-15-12-29/h8,13,16,19-20H,2-7,9-12,14-15,17-18H2,1H3,(H,28,33). The number of fused-ring (bicyclic) bond motifs is 3. The molecule has 192 valence electrons. The first-order chi connectivity index (χ1) is 17.1. The van der Waals surface area contributed by atoms with Crippen LogP contribution in [-0.4, -0.2) is 81.6 Å². The Balaban J connectivity index is 1.38. The molecule has 2 aromatic heterocycles. The van der Waals surface area contributed by atoms with Crippen LogP contribution in [0, 0.1) is 5.92 Å². The highest BCUT2D eigenvalue weighted by Crippen LogP contribution is 2.36. The first-order valence-corrected chi connectivity index (χ1v) is 14.6. The minimum absolute atomic E-state index is 0.00589. The second-order valence-corrected chi connectivity index (χ2v) is 11.2. The van der Waals surface area contributed by atoms with E-state index in [1.54, 1.807) is 6.26 Å². The summed E-state index contributed by atoms with van der Waals surface area (Å²) in [5, 5.41) is 3.38. The fourth-order valence-electron chi connectivity index (χ4n) is 6.04.